The predicted molar refractivity (Wildman–Crippen MR) is 69.7 cm³/mol. The number of nitrogens with one attached hydrogen (secondary N) is 1. The van der Waals surface area contributed by atoms with Gasteiger partial charge in [0.25, 0.3) is 5.91 Å². The number of para-hydroxylation sites is 1. The fraction of sp³-hybridized carbons (Fsp3) is 0.357. The van der Waals surface area contributed by atoms with Gasteiger partial charge >= 0.3 is 0 Å². The molecule has 17 heavy (non-hydrogen) atoms. The summed E-state index contributed by atoms with van der Waals surface area (Å²) in [5, 5.41) is 12.6. The van der Waals surface area contributed by atoms with Crippen molar-refractivity contribution in [2.24, 2.45) is 5.92 Å². The van der Waals surface area contributed by atoms with Crippen molar-refractivity contribution in [3.8, 4) is 0 Å². The number of allylic oxidation sites excluding steroid dienone is 1. The van der Waals surface area contributed by atoms with E-state index in [1.165, 1.54) is 0 Å². The molecular formula is C14H19NO2. The van der Waals surface area contributed by atoms with Crippen LogP contribution in [0.25, 0.3) is 0 Å². The van der Waals surface area contributed by atoms with Crippen LogP contribution < -0.4 is 5.32 Å². The number of rotatable bonds is 4. The third-order valence-electron chi connectivity index (χ3n) is 2.96. The van der Waals surface area contributed by atoms with E-state index < -0.39 is 6.10 Å². The Bertz CT molecular complexity index is 398. The molecule has 0 bridgehead atoms. The number of benzene rings is 1. The van der Waals surface area contributed by atoms with Crippen molar-refractivity contribution in [3.05, 3.63) is 42.0 Å². The van der Waals surface area contributed by atoms with Crippen molar-refractivity contribution in [2.45, 2.75) is 26.9 Å². The minimum Gasteiger partial charge on any atom is -0.383 e. The normalized spacial score (nSPS) is 15.2. The van der Waals surface area contributed by atoms with E-state index in [1.807, 2.05) is 45.0 Å². The lowest BCUT2D eigenvalue weighted by atomic mass is 9.95. The lowest BCUT2D eigenvalue weighted by Crippen LogP contribution is -2.33. The maximum absolute atomic E-state index is 11.8. The van der Waals surface area contributed by atoms with Gasteiger partial charge in [-0.3, -0.25) is 4.79 Å². The molecule has 92 valence electrons. The van der Waals surface area contributed by atoms with E-state index in [0.29, 0.717) is 5.69 Å². The topological polar surface area (TPSA) is 49.3 Å². The first-order valence-electron chi connectivity index (χ1n) is 5.73. The molecule has 3 heteroatoms. The molecule has 0 aliphatic rings. The zero-order chi connectivity index (χ0) is 12.8. The van der Waals surface area contributed by atoms with Crippen molar-refractivity contribution >= 4 is 11.6 Å². The molecule has 1 aromatic carbocycles. The third-order valence-corrected chi connectivity index (χ3v) is 2.96. The van der Waals surface area contributed by atoms with Gasteiger partial charge in [0.2, 0.25) is 0 Å². The van der Waals surface area contributed by atoms with E-state index in [-0.39, 0.29) is 11.8 Å². The molecule has 0 heterocycles. The Morgan fingerprint density at radius 3 is 2.47 bits per heavy atom. The Labute approximate surface area is 102 Å². The molecule has 1 aromatic rings. The number of hydrogen-bond acceptors (Lipinski definition) is 2. The van der Waals surface area contributed by atoms with Gasteiger partial charge in [0.05, 0.1) is 0 Å². The van der Waals surface area contributed by atoms with Gasteiger partial charge in [-0.15, -0.1) is 0 Å². The van der Waals surface area contributed by atoms with E-state index in [1.54, 1.807) is 12.1 Å². The molecule has 0 unspecified atom stereocenters. The minimum absolute atomic E-state index is 0.177. The van der Waals surface area contributed by atoms with E-state index in [0.717, 1.165) is 5.57 Å². The summed E-state index contributed by atoms with van der Waals surface area (Å²) < 4.78 is 0. The molecule has 0 saturated carbocycles. The highest BCUT2D eigenvalue weighted by molar-refractivity contribution is 5.94. The molecule has 2 atom stereocenters. The van der Waals surface area contributed by atoms with E-state index in [2.05, 4.69) is 5.32 Å². The lowest BCUT2D eigenvalue weighted by Gasteiger charge is -2.19. The summed E-state index contributed by atoms with van der Waals surface area (Å²) in [5.74, 6) is -0.548. The fourth-order valence-electron chi connectivity index (χ4n) is 1.48. The highest BCUT2D eigenvalue weighted by atomic mass is 16.3. The molecule has 0 aliphatic heterocycles. The zero-order valence-electron chi connectivity index (χ0n) is 10.5. The molecule has 3 nitrogen and oxygen atoms in total. The van der Waals surface area contributed by atoms with Crippen molar-refractivity contribution in [1.29, 1.82) is 0 Å². The average molecular weight is 233 g/mol. The van der Waals surface area contributed by atoms with E-state index in [9.17, 15) is 9.90 Å². The smallest absolute Gasteiger partial charge is 0.253 e. The first-order valence-corrected chi connectivity index (χ1v) is 5.73. The van der Waals surface area contributed by atoms with Crippen LogP contribution in [0.3, 0.4) is 0 Å². The standard InChI is InChI=1S/C14H19NO2/c1-4-10(2)11(3)13(16)14(17)15-12-8-6-5-7-9-12/h4-9,11,13,16H,1-3H3,(H,15,17)/b10-4+/t11-,13+/m1/s1. The van der Waals surface area contributed by atoms with Crippen molar-refractivity contribution < 1.29 is 9.90 Å². The van der Waals surface area contributed by atoms with Gasteiger partial charge in [-0.1, -0.05) is 36.8 Å². The average Bonchev–Trinajstić information content (AvgIpc) is 2.37. The van der Waals surface area contributed by atoms with Crippen LogP contribution >= 0.6 is 0 Å². The van der Waals surface area contributed by atoms with Gasteiger partial charge in [0, 0.05) is 11.6 Å². The molecule has 0 spiro atoms. The number of carbonyl (C=O) groups is 1. The quantitative estimate of drug-likeness (QED) is 0.785. The maximum Gasteiger partial charge on any atom is 0.253 e. The number of aliphatic hydroxyl groups excluding tert-OH is 1. The van der Waals surface area contributed by atoms with Gasteiger partial charge in [-0.2, -0.15) is 0 Å². The van der Waals surface area contributed by atoms with Gasteiger partial charge < -0.3 is 10.4 Å². The van der Waals surface area contributed by atoms with Crippen molar-refractivity contribution in [3.63, 3.8) is 0 Å². The summed E-state index contributed by atoms with van der Waals surface area (Å²) in [7, 11) is 0. The van der Waals surface area contributed by atoms with Crippen LogP contribution in [0, 0.1) is 5.92 Å². The Morgan fingerprint density at radius 2 is 1.94 bits per heavy atom. The van der Waals surface area contributed by atoms with E-state index >= 15 is 0 Å². The second-order valence-electron chi connectivity index (χ2n) is 4.12. The first kappa shape index (κ1) is 13.5. The Balaban J connectivity index is 2.65. The molecule has 0 radical (unpaired) electrons. The van der Waals surface area contributed by atoms with Crippen molar-refractivity contribution in [2.75, 3.05) is 5.32 Å². The SMILES string of the molecule is C/C=C(\C)[C@@H](C)[C@H](O)C(=O)Nc1ccccc1. The largest absolute Gasteiger partial charge is 0.383 e. The summed E-state index contributed by atoms with van der Waals surface area (Å²) in [6.07, 6.45) is 0.885. The fourth-order valence-corrected chi connectivity index (χ4v) is 1.48. The van der Waals surface area contributed by atoms with Crippen molar-refractivity contribution in [1.82, 2.24) is 0 Å². The molecule has 2 N–H and O–H groups in total. The highest BCUT2D eigenvalue weighted by Gasteiger charge is 2.23. The number of carbonyl (C=O) groups excluding carboxylic acids is 1. The number of hydrogen-bond donors (Lipinski definition) is 2. The van der Waals surface area contributed by atoms with Gasteiger partial charge in [-0.25, -0.2) is 0 Å². The highest BCUT2D eigenvalue weighted by Crippen LogP contribution is 2.16. The summed E-state index contributed by atoms with van der Waals surface area (Å²) in [6, 6.07) is 9.12. The summed E-state index contributed by atoms with van der Waals surface area (Å²) in [6.45, 7) is 5.64. The number of anilines is 1. The van der Waals surface area contributed by atoms with Crippen LogP contribution in [-0.4, -0.2) is 17.1 Å². The van der Waals surface area contributed by atoms with Gasteiger partial charge in [0.15, 0.2) is 0 Å². The molecule has 0 saturated heterocycles. The molecule has 0 aliphatic carbocycles. The molecule has 1 rings (SSSR count). The molecular weight excluding hydrogens is 214 g/mol. The minimum atomic E-state index is -1.02. The molecule has 0 aromatic heterocycles. The summed E-state index contributed by atoms with van der Waals surface area (Å²) in [4.78, 5) is 11.8. The Kier molecular flexibility index (Phi) is 4.91. The third kappa shape index (κ3) is 3.71. The van der Waals surface area contributed by atoms with Gasteiger partial charge in [0.1, 0.15) is 6.10 Å². The summed E-state index contributed by atoms with van der Waals surface area (Å²) in [5.41, 5.74) is 1.70. The second-order valence-corrected chi connectivity index (χ2v) is 4.12. The van der Waals surface area contributed by atoms with Crippen LogP contribution in [-0.2, 0) is 4.79 Å². The Hall–Kier alpha value is -1.61. The maximum atomic E-state index is 11.8. The zero-order valence-corrected chi connectivity index (χ0v) is 10.5. The molecule has 0 fully saturated rings. The second kappa shape index (κ2) is 6.21. The Morgan fingerprint density at radius 1 is 1.35 bits per heavy atom. The van der Waals surface area contributed by atoms with Crippen LogP contribution in [0.1, 0.15) is 20.8 Å². The first-order chi connectivity index (χ1) is 8.06. The van der Waals surface area contributed by atoms with Gasteiger partial charge in [-0.05, 0) is 26.0 Å². The number of amides is 1. The van der Waals surface area contributed by atoms with Crippen LogP contribution in [0.2, 0.25) is 0 Å². The monoisotopic (exact) mass is 233 g/mol. The van der Waals surface area contributed by atoms with Crippen LogP contribution in [0.5, 0.6) is 0 Å². The number of aliphatic hydroxyl groups is 1. The molecule has 1 amide bonds. The summed E-state index contributed by atoms with van der Waals surface area (Å²) >= 11 is 0. The van der Waals surface area contributed by atoms with Crippen LogP contribution in [0.4, 0.5) is 5.69 Å². The van der Waals surface area contributed by atoms with E-state index in [4.69, 9.17) is 0 Å². The predicted octanol–water partition coefficient (Wildman–Crippen LogP) is 2.59. The van der Waals surface area contributed by atoms with Crippen LogP contribution in [0.15, 0.2) is 42.0 Å². The lowest BCUT2D eigenvalue weighted by molar-refractivity contribution is -0.125.